The molecule has 0 spiro atoms. The van der Waals surface area contributed by atoms with Crippen LogP contribution in [-0.4, -0.2) is 15.5 Å². The van der Waals surface area contributed by atoms with Crippen molar-refractivity contribution in [1.29, 1.82) is 5.41 Å². The van der Waals surface area contributed by atoms with Crippen LogP contribution >= 0.6 is 0 Å². The molecule has 6 heteroatoms. The molecule has 1 aromatic heterocycles. The number of H-pyrrole nitrogens is 1. The molecule has 4 N–H and O–H groups in total. The molecule has 0 saturated heterocycles. The van der Waals surface area contributed by atoms with E-state index in [-0.39, 0.29) is 0 Å². The molecular weight excluding hydrogens is 148 g/mol. The zero-order chi connectivity index (χ0) is 8.43. The standard InChI is InChI=1S/C5H6N4O2/c6-4(7)9-3(10)1-2-8-5(9)11/h1-2H,(H3,6,7)(H,8,11). The molecule has 0 bridgehead atoms. The first-order chi connectivity index (χ1) is 5.13. The van der Waals surface area contributed by atoms with Crippen LogP contribution in [0.15, 0.2) is 21.9 Å². The van der Waals surface area contributed by atoms with Crippen molar-refractivity contribution in [2.75, 3.05) is 0 Å². The Labute approximate surface area is 60.8 Å². The summed E-state index contributed by atoms with van der Waals surface area (Å²) in [5.74, 6) is -0.586. The minimum atomic E-state index is -0.704. The maximum Gasteiger partial charge on any atom is 0.335 e. The second-order valence-electron chi connectivity index (χ2n) is 1.84. The van der Waals surface area contributed by atoms with Crippen LogP contribution in [0.5, 0.6) is 0 Å². The van der Waals surface area contributed by atoms with Crippen LogP contribution in [0.1, 0.15) is 0 Å². The van der Waals surface area contributed by atoms with Gasteiger partial charge in [0.25, 0.3) is 5.56 Å². The summed E-state index contributed by atoms with van der Waals surface area (Å²) in [6.45, 7) is 0. The highest BCUT2D eigenvalue weighted by Crippen LogP contribution is 1.63. The fourth-order valence-corrected chi connectivity index (χ4v) is 0.652. The number of hydrogen-bond acceptors (Lipinski definition) is 3. The Kier molecular flexibility index (Phi) is 1.59. The highest BCUT2D eigenvalue weighted by atomic mass is 16.2. The zero-order valence-corrected chi connectivity index (χ0v) is 5.50. The fraction of sp³-hybridized carbons (Fsp3) is 0. The van der Waals surface area contributed by atoms with E-state index >= 15 is 0 Å². The lowest BCUT2D eigenvalue weighted by atomic mass is 10.6. The van der Waals surface area contributed by atoms with E-state index in [2.05, 4.69) is 4.98 Å². The predicted molar refractivity (Wildman–Crippen MR) is 38.6 cm³/mol. The van der Waals surface area contributed by atoms with E-state index in [1.54, 1.807) is 0 Å². The molecule has 1 rings (SSSR count). The van der Waals surface area contributed by atoms with Crippen molar-refractivity contribution >= 4 is 5.96 Å². The molecule has 1 heterocycles. The predicted octanol–water partition coefficient (Wildman–Crippen LogP) is -1.72. The van der Waals surface area contributed by atoms with Gasteiger partial charge < -0.3 is 10.7 Å². The second-order valence-corrected chi connectivity index (χ2v) is 1.84. The van der Waals surface area contributed by atoms with Gasteiger partial charge in [-0.15, -0.1) is 0 Å². The first-order valence-electron chi connectivity index (χ1n) is 2.78. The third-order valence-corrected chi connectivity index (χ3v) is 1.10. The van der Waals surface area contributed by atoms with E-state index in [9.17, 15) is 9.59 Å². The van der Waals surface area contributed by atoms with Crippen molar-refractivity contribution in [2.24, 2.45) is 5.73 Å². The summed E-state index contributed by atoms with van der Waals surface area (Å²) in [6.07, 6.45) is 1.20. The summed E-state index contributed by atoms with van der Waals surface area (Å²) >= 11 is 0. The van der Waals surface area contributed by atoms with Gasteiger partial charge in [-0.3, -0.25) is 10.2 Å². The van der Waals surface area contributed by atoms with Crippen LogP contribution in [0.4, 0.5) is 0 Å². The number of aromatic nitrogens is 2. The SMILES string of the molecule is N=C(N)n1c(=O)cc[nH]c1=O. The van der Waals surface area contributed by atoms with Crippen molar-refractivity contribution < 1.29 is 0 Å². The van der Waals surface area contributed by atoms with Crippen molar-refractivity contribution in [2.45, 2.75) is 0 Å². The molecule has 6 nitrogen and oxygen atoms in total. The minimum Gasteiger partial charge on any atom is -0.369 e. The summed E-state index contributed by atoms with van der Waals surface area (Å²) in [5.41, 5.74) is 3.63. The number of nitrogens with zero attached hydrogens (tertiary/aromatic N) is 1. The highest BCUT2D eigenvalue weighted by Gasteiger charge is 2.00. The lowest BCUT2D eigenvalue weighted by Crippen LogP contribution is -2.42. The highest BCUT2D eigenvalue weighted by molar-refractivity contribution is 5.76. The molecule has 0 aliphatic carbocycles. The van der Waals surface area contributed by atoms with Crippen molar-refractivity contribution in [3.05, 3.63) is 33.1 Å². The molecular formula is C5H6N4O2. The Morgan fingerprint density at radius 3 is 2.64 bits per heavy atom. The summed E-state index contributed by atoms with van der Waals surface area (Å²) < 4.78 is 0.528. The molecule has 0 radical (unpaired) electrons. The second kappa shape index (κ2) is 2.41. The number of nitrogens with one attached hydrogen (secondary N) is 2. The van der Waals surface area contributed by atoms with Gasteiger partial charge in [0.2, 0.25) is 5.96 Å². The van der Waals surface area contributed by atoms with Gasteiger partial charge in [-0.25, -0.2) is 4.79 Å². The smallest absolute Gasteiger partial charge is 0.335 e. The zero-order valence-electron chi connectivity index (χ0n) is 5.50. The molecule has 0 amide bonds. The molecule has 11 heavy (non-hydrogen) atoms. The Hall–Kier alpha value is -1.85. The largest absolute Gasteiger partial charge is 0.369 e. The topological polar surface area (TPSA) is 105 Å². The van der Waals surface area contributed by atoms with Gasteiger partial charge in [0.1, 0.15) is 0 Å². The normalized spacial score (nSPS) is 9.45. The molecule has 1 aromatic rings. The molecule has 0 saturated carbocycles. The van der Waals surface area contributed by atoms with Crippen LogP contribution in [0, 0.1) is 5.41 Å². The maximum absolute atomic E-state index is 10.8. The Morgan fingerprint density at radius 1 is 1.64 bits per heavy atom. The third kappa shape index (κ3) is 1.18. The average molecular weight is 154 g/mol. The number of nitrogen functional groups attached to an aromatic ring is 1. The average Bonchev–Trinajstić information content (AvgIpc) is 1.85. The van der Waals surface area contributed by atoms with E-state index in [4.69, 9.17) is 11.1 Å². The van der Waals surface area contributed by atoms with Crippen LogP contribution in [0.3, 0.4) is 0 Å². The van der Waals surface area contributed by atoms with Crippen LogP contribution in [0.25, 0.3) is 0 Å². The van der Waals surface area contributed by atoms with Gasteiger partial charge in [-0.05, 0) is 0 Å². The van der Waals surface area contributed by atoms with E-state index in [1.807, 2.05) is 0 Å². The van der Waals surface area contributed by atoms with Crippen LogP contribution in [0.2, 0.25) is 0 Å². The van der Waals surface area contributed by atoms with E-state index in [1.165, 1.54) is 6.20 Å². The number of hydrogen-bond donors (Lipinski definition) is 3. The van der Waals surface area contributed by atoms with Gasteiger partial charge in [0, 0.05) is 12.3 Å². The molecule has 0 fully saturated rings. The summed E-state index contributed by atoms with van der Waals surface area (Å²) in [5, 5.41) is 6.84. The van der Waals surface area contributed by atoms with Crippen molar-refractivity contribution in [1.82, 2.24) is 9.55 Å². The molecule has 0 aliphatic rings. The number of rotatable bonds is 0. The summed E-state index contributed by atoms with van der Waals surface area (Å²) in [4.78, 5) is 23.8. The van der Waals surface area contributed by atoms with Crippen LogP contribution in [-0.2, 0) is 0 Å². The van der Waals surface area contributed by atoms with Gasteiger partial charge in [0.15, 0.2) is 0 Å². The van der Waals surface area contributed by atoms with Gasteiger partial charge in [-0.2, -0.15) is 4.57 Å². The molecule has 0 unspecified atom stereocenters. The lowest BCUT2D eigenvalue weighted by molar-refractivity contribution is 0.902. The van der Waals surface area contributed by atoms with Crippen molar-refractivity contribution in [3.63, 3.8) is 0 Å². The van der Waals surface area contributed by atoms with Crippen LogP contribution < -0.4 is 17.0 Å². The van der Waals surface area contributed by atoms with Gasteiger partial charge in [0.05, 0.1) is 0 Å². The Morgan fingerprint density at radius 2 is 2.27 bits per heavy atom. The number of nitrogens with two attached hydrogens (primary N) is 1. The Bertz CT molecular complexity index is 360. The van der Waals surface area contributed by atoms with Gasteiger partial charge in [-0.1, -0.05) is 0 Å². The maximum atomic E-state index is 10.8. The molecule has 0 atom stereocenters. The molecule has 0 aliphatic heterocycles. The monoisotopic (exact) mass is 154 g/mol. The summed E-state index contributed by atoms with van der Waals surface area (Å²) in [7, 11) is 0. The summed E-state index contributed by atoms with van der Waals surface area (Å²) in [6, 6.07) is 1.11. The van der Waals surface area contributed by atoms with E-state index < -0.39 is 17.2 Å². The lowest BCUT2D eigenvalue weighted by Gasteiger charge is -1.96. The van der Waals surface area contributed by atoms with E-state index in [0.717, 1.165) is 6.07 Å². The molecule has 0 aromatic carbocycles. The minimum absolute atomic E-state index is 0.528. The number of aromatic amines is 1. The third-order valence-electron chi connectivity index (χ3n) is 1.10. The quantitative estimate of drug-likeness (QED) is 0.305. The van der Waals surface area contributed by atoms with E-state index in [0.29, 0.717) is 4.57 Å². The fourth-order valence-electron chi connectivity index (χ4n) is 0.652. The van der Waals surface area contributed by atoms with Gasteiger partial charge >= 0.3 is 5.69 Å². The first kappa shape index (κ1) is 7.26. The van der Waals surface area contributed by atoms with Crippen molar-refractivity contribution in [3.8, 4) is 0 Å². The Balaban J connectivity index is 3.58. The first-order valence-corrected chi connectivity index (χ1v) is 2.78. The molecule has 58 valence electrons.